The van der Waals surface area contributed by atoms with E-state index in [1.165, 1.54) is 12.1 Å². The Morgan fingerprint density at radius 1 is 1.00 bits per heavy atom. The lowest BCUT2D eigenvalue weighted by molar-refractivity contribution is -0.274. The minimum atomic E-state index is -4.72. The zero-order chi connectivity index (χ0) is 22.7. The number of ether oxygens (including phenoxy) is 2. The number of morpholine rings is 1. The number of nitrogens with zero attached hydrogens (tertiary/aromatic N) is 2. The molecule has 2 aromatic carbocycles. The summed E-state index contributed by atoms with van der Waals surface area (Å²) in [5, 5.41) is 0. The molecule has 2 fully saturated rings. The van der Waals surface area contributed by atoms with Gasteiger partial charge in [0.05, 0.1) is 13.2 Å². The van der Waals surface area contributed by atoms with Gasteiger partial charge >= 0.3 is 6.36 Å². The first-order valence-corrected chi connectivity index (χ1v) is 10.9. The summed E-state index contributed by atoms with van der Waals surface area (Å²) in [4.78, 5) is 17.6. The molecule has 0 unspecified atom stereocenters. The van der Waals surface area contributed by atoms with Crippen LogP contribution in [0.2, 0.25) is 0 Å². The molecule has 1 amide bonds. The highest BCUT2D eigenvalue weighted by molar-refractivity contribution is 5.97. The minimum Gasteiger partial charge on any atom is -0.406 e. The molecule has 0 aliphatic carbocycles. The molecule has 2 heterocycles. The number of benzene rings is 2. The number of halogens is 3. The number of likely N-dealkylation sites (tertiary alicyclic amines) is 1. The lowest BCUT2D eigenvalue weighted by Gasteiger charge is -2.40. The van der Waals surface area contributed by atoms with E-state index in [-0.39, 0.29) is 11.7 Å². The molecular weight excluding hydrogens is 421 g/mol. The van der Waals surface area contributed by atoms with Crippen molar-refractivity contribution in [3.8, 4) is 16.9 Å². The Labute approximate surface area is 185 Å². The van der Waals surface area contributed by atoms with Crippen LogP contribution in [0.1, 0.15) is 28.8 Å². The van der Waals surface area contributed by atoms with Crippen LogP contribution in [0, 0.1) is 6.92 Å². The number of alkyl halides is 3. The average Bonchev–Trinajstić information content (AvgIpc) is 2.79. The van der Waals surface area contributed by atoms with E-state index in [9.17, 15) is 18.0 Å². The minimum absolute atomic E-state index is 0.00167. The van der Waals surface area contributed by atoms with E-state index in [0.29, 0.717) is 24.7 Å². The Kier molecular flexibility index (Phi) is 6.71. The summed E-state index contributed by atoms with van der Waals surface area (Å²) in [6.07, 6.45) is -2.82. The maximum atomic E-state index is 13.2. The van der Waals surface area contributed by atoms with Gasteiger partial charge < -0.3 is 14.4 Å². The van der Waals surface area contributed by atoms with Gasteiger partial charge in [0.25, 0.3) is 5.91 Å². The van der Waals surface area contributed by atoms with Crippen LogP contribution in [0.4, 0.5) is 13.2 Å². The molecule has 4 rings (SSSR count). The first kappa shape index (κ1) is 22.6. The topological polar surface area (TPSA) is 42.0 Å². The van der Waals surface area contributed by atoms with Crippen molar-refractivity contribution in [3.63, 3.8) is 0 Å². The maximum absolute atomic E-state index is 13.2. The van der Waals surface area contributed by atoms with Gasteiger partial charge in [-0.2, -0.15) is 0 Å². The number of amides is 1. The molecular formula is C24H27F3N2O3. The summed E-state index contributed by atoms with van der Waals surface area (Å²) in [7, 11) is 0. The number of carbonyl (C=O) groups excluding carboxylic acids is 1. The second-order valence-corrected chi connectivity index (χ2v) is 8.22. The van der Waals surface area contributed by atoms with Gasteiger partial charge in [0, 0.05) is 37.8 Å². The second-order valence-electron chi connectivity index (χ2n) is 8.22. The first-order chi connectivity index (χ1) is 15.3. The fraction of sp³-hybridized carbons (Fsp3) is 0.458. The average molecular weight is 448 g/mol. The molecule has 0 bridgehead atoms. The number of hydrogen-bond acceptors (Lipinski definition) is 4. The Balaban J connectivity index is 1.45. The zero-order valence-corrected chi connectivity index (χ0v) is 18.0. The molecule has 0 aromatic heterocycles. The molecule has 2 aromatic rings. The fourth-order valence-corrected chi connectivity index (χ4v) is 4.56. The van der Waals surface area contributed by atoms with Crippen molar-refractivity contribution < 1.29 is 27.4 Å². The van der Waals surface area contributed by atoms with Gasteiger partial charge in [0.15, 0.2) is 0 Å². The predicted octanol–water partition coefficient (Wildman–Crippen LogP) is 4.50. The molecule has 0 N–H and O–H groups in total. The van der Waals surface area contributed by atoms with E-state index >= 15 is 0 Å². The third kappa shape index (κ3) is 5.24. The van der Waals surface area contributed by atoms with Crippen molar-refractivity contribution in [2.45, 2.75) is 32.2 Å². The number of hydrogen-bond donors (Lipinski definition) is 0. The molecule has 2 aliphatic rings. The van der Waals surface area contributed by atoms with Gasteiger partial charge in [-0.25, -0.2) is 0 Å². The Morgan fingerprint density at radius 2 is 1.66 bits per heavy atom. The number of piperidine rings is 1. The van der Waals surface area contributed by atoms with Gasteiger partial charge in [-0.15, -0.1) is 13.2 Å². The van der Waals surface area contributed by atoms with Crippen molar-refractivity contribution in [1.82, 2.24) is 9.80 Å². The smallest absolute Gasteiger partial charge is 0.406 e. The van der Waals surface area contributed by atoms with Crippen LogP contribution in [0.15, 0.2) is 42.5 Å². The van der Waals surface area contributed by atoms with Crippen molar-refractivity contribution in [2.24, 2.45) is 0 Å². The largest absolute Gasteiger partial charge is 0.573 e. The van der Waals surface area contributed by atoms with E-state index in [2.05, 4.69) is 9.64 Å². The summed E-state index contributed by atoms with van der Waals surface area (Å²) in [5.74, 6) is -0.268. The van der Waals surface area contributed by atoms with Crippen LogP contribution in [0.5, 0.6) is 5.75 Å². The van der Waals surface area contributed by atoms with Crippen molar-refractivity contribution >= 4 is 5.91 Å². The van der Waals surface area contributed by atoms with Gasteiger partial charge in [-0.05, 0) is 54.7 Å². The van der Waals surface area contributed by atoms with E-state index in [1.807, 2.05) is 30.0 Å². The van der Waals surface area contributed by atoms with Crippen molar-refractivity contribution in [3.05, 3.63) is 53.6 Å². The highest BCUT2D eigenvalue weighted by atomic mass is 19.4. The molecule has 5 nitrogen and oxygen atoms in total. The van der Waals surface area contributed by atoms with Crippen LogP contribution >= 0.6 is 0 Å². The monoisotopic (exact) mass is 448 g/mol. The van der Waals surface area contributed by atoms with Crippen LogP contribution in [0.25, 0.3) is 11.1 Å². The number of carbonyl (C=O) groups is 1. The summed E-state index contributed by atoms with van der Waals surface area (Å²) in [6.45, 7) is 6.76. The molecule has 0 atom stereocenters. The van der Waals surface area contributed by atoms with E-state index in [4.69, 9.17) is 4.74 Å². The highest BCUT2D eigenvalue weighted by Crippen LogP contribution is 2.30. The Bertz CT molecular complexity index is 932. The molecule has 2 saturated heterocycles. The van der Waals surface area contributed by atoms with E-state index < -0.39 is 6.36 Å². The van der Waals surface area contributed by atoms with Gasteiger partial charge in [0.1, 0.15) is 5.75 Å². The standard InChI is InChI=1S/C24H27F3N2O3/c1-17-21(18-5-7-20(8-6-18)32-24(25,26)27)3-2-4-22(17)23(30)29-11-9-19(10-12-29)28-13-15-31-16-14-28/h2-8,19H,9-16H2,1H3. The zero-order valence-electron chi connectivity index (χ0n) is 18.0. The van der Waals surface area contributed by atoms with Crippen LogP contribution in [-0.2, 0) is 4.74 Å². The summed E-state index contributed by atoms with van der Waals surface area (Å²) >= 11 is 0. The molecule has 8 heteroatoms. The molecule has 172 valence electrons. The lowest BCUT2D eigenvalue weighted by Crippen LogP contribution is -2.50. The molecule has 0 saturated carbocycles. The maximum Gasteiger partial charge on any atom is 0.573 e. The summed E-state index contributed by atoms with van der Waals surface area (Å²) in [5.41, 5.74) is 3.00. The van der Waals surface area contributed by atoms with Crippen LogP contribution in [0.3, 0.4) is 0 Å². The second kappa shape index (κ2) is 9.50. The van der Waals surface area contributed by atoms with E-state index in [1.54, 1.807) is 12.1 Å². The molecule has 32 heavy (non-hydrogen) atoms. The third-order valence-electron chi connectivity index (χ3n) is 6.28. The van der Waals surface area contributed by atoms with Gasteiger partial charge in [-0.1, -0.05) is 24.3 Å². The van der Waals surface area contributed by atoms with Gasteiger partial charge in [-0.3, -0.25) is 9.69 Å². The van der Waals surface area contributed by atoms with Crippen LogP contribution in [-0.4, -0.2) is 67.5 Å². The molecule has 0 spiro atoms. The quantitative estimate of drug-likeness (QED) is 0.691. The van der Waals surface area contributed by atoms with Crippen LogP contribution < -0.4 is 4.74 Å². The normalized spacial score (nSPS) is 18.6. The Hall–Kier alpha value is -2.58. The first-order valence-electron chi connectivity index (χ1n) is 10.9. The SMILES string of the molecule is Cc1c(C(=O)N2CCC(N3CCOCC3)CC2)cccc1-c1ccc(OC(F)(F)F)cc1. The van der Waals surface area contributed by atoms with Crippen molar-refractivity contribution in [1.29, 1.82) is 0 Å². The predicted molar refractivity (Wildman–Crippen MR) is 115 cm³/mol. The molecule has 0 radical (unpaired) electrons. The summed E-state index contributed by atoms with van der Waals surface area (Å²) < 4.78 is 46.6. The third-order valence-corrected chi connectivity index (χ3v) is 6.28. The van der Waals surface area contributed by atoms with Gasteiger partial charge in [0.2, 0.25) is 0 Å². The summed E-state index contributed by atoms with van der Waals surface area (Å²) in [6, 6.07) is 11.7. The molecule has 2 aliphatic heterocycles. The fourth-order valence-electron chi connectivity index (χ4n) is 4.56. The highest BCUT2D eigenvalue weighted by Gasteiger charge is 2.31. The lowest BCUT2D eigenvalue weighted by atomic mass is 9.95. The Morgan fingerprint density at radius 3 is 2.28 bits per heavy atom. The van der Waals surface area contributed by atoms with E-state index in [0.717, 1.165) is 55.8 Å². The van der Waals surface area contributed by atoms with Crippen molar-refractivity contribution in [2.75, 3.05) is 39.4 Å². The number of rotatable bonds is 4.